The van der Waals surface area contributed by atoms with Gasteiger partial charge in [0.05, 0.1) is 13.0 Å². The normalized spacial score (nSPS) is 11.2. The van der Waals surface area contributed by atoms with E-state index >= 15 is 0 Å². The maximum absolute atomic E-state index is 12.2. The predicted molar refractivity (Wildman–Crippen MR) is 138 cm³/mol. The summed E-state index contributed by atoms with van der Waals surface area (Å²) in [5.41, 5.74) is 1.06. The number of fused-ring (bicyclic) bond motifs is 1. The molecule has 32 heavy (non-hydrogen) atoms. The Bertz CT molecular complexity index is 731. The van der Waals surface area contributed by atoms with Crippen LogP contribution in [-0.2, 0) is 16.0 Å². The van der Waals surface area contributed by atoms with Crippen LogP contribution in [0.3, 0.4) is 0 Å². The summed E-state index contributed by atoms with van der Waals surface area (Å²) in [6.07, 6.45) is 22.0. The molecule has 2 aromatic carbocycles. The number of rotatable bonds is 19. The molecule has 2 rings (SSSR count). The molecule has 0 heterocycles. The van der Waals surface area contributed by atoms with Gasteiger partial charge in [0.15, 0.2) is 0 Å². The second-order valence-corrected chi connectivity index (χ2v) is 9.34. The van der Waals surface area contributed by atoms with Gasteiger partial charge in [-0.3, -0.25) is 4.79 Å². The molecule has 0 aromatic heterocycles. The van der Waals surface area contributed by atoms with Crippen molar-refractivity contribution in [2.45, 2.75) is 116 Å². The Kier molecular flexibility index (Phi) is 14.6. The van der Waals surface area contributed by atoms with Crippen LogP contribution in [0, 0.1) is 0 Å². The summed E-state index contributed by atoms with van der Waals surface area (Å²) < 4.78 is 5.48. The first-order valence-corrected chi connectivity index (χ1v) is 13.4. The fourth-order valence-electron chi connectivity index (χ4n) is 4.49. The van der Waals surface area contributed by atoms with Gasteiger partial charge in [-0.25, -0.2) is 0 Å². The zero-order valence-electron chi connectivity index (χ0n) is 20.6. The van der Waals surface area contributed by atoms with Crippen LogP contribution in [0.2, 0.25) is 0 Å². The number of carbonyl (C=O) groups is 1. The molecule has 0 saturated carbocycles. The van der Waals surface area contributed by atoms with Gasteiger partial charge < -0.3 is 4.74 Å². The summed E-state index contributed by atoms with van der Waals surface area (Å²) in [6, 6.07) is 14.3. The lowest BCUT2D eigenvalue weighted by Gasteiger charge is -2.08. The van der Waals surface area contributed by atoms with Crippen LogP contribution in [0.25, 0.3) is 10.8 Å². The average molecular weight is 439 g/mol. The largest absolute Gasteiger partial charge is 0.465 e. The van der Waals surface area contributed by atoms with Gasteiger partial charge in [-0.15, -0.1) is 0 Å². The number of ether oxygens (including phenoxy) is 1. The van der Waals surface area contributed by atoms with Crippen molar-refractivity contribution in [3.63, 3.8) is 0 Å². The van der Waals surface area contributed by atoms with Crippen molar-refractivity contribution < 1.29 is 9.53 Å². The van der Waals surface area contributed by atoms with Crippen LogP contribution >= 0.6 is 0 Å². The molecule has 0 aliphatic rings. The molecule has 0 fully saturated rings. The molecule has 0 amide bonds. The molecule has 2 nitrogen and oxygen atoms in total. The third kappa shape index (κ3) is 11.7. The van der Waals surface area contributed by atoms with E-state index in [1.54, 1.807) is 0 Å². The van der Waals surface area contributed by atoms with Crippen LogP contribution in [0.4, 0.5) is 0 Å². The molecule has 2 heteroatoms. The van der Waals surface area contributed by atoms with E-state index in [1.165, 1.54) is 102 Å². The number of esters is 1. The topological polar surface area (TPSA) is 26.3 Å². The lowest BCUT2D eigenvalue weighted by molar-refractivity contribution is -0.142. The van der Waals surface area contributed by atoms with Crippen LogP contribution in [0.15, 0.2) is 42.5 Å². The van der Waals surface area contributed by atoms with E-state index in [4.69, 9.17) is 4.74 Å². The third-order valence-corrected chi connectivity index (χ3v) is 6.48. The molecule has 0 aliphatic carbocycles. The fourth-order valence-corrected chi connectivity index (χ4v) is 4.49. The molecule has 0 saturated heterocycles. The van der Waals surface area contributed by atoms with Gasteiger partial charge in [-0.05, 0) is 22.8 Å². The Labute approximate surface area is 197 Å². The Morgan fingerprint density at radius 3 is 1.72 bits per heavy atom. The van der Waals surface area contributed by atoms with Crippen molar-refractivity contribution in [3.8, 4) is 0 Å². The molecule has 0 spiro atoms. The number of carbonyl (C=O) groups excluding carboxylic acids is 1. The van der Waals surface area contributed by atoms with Gasteiger partial charge in [0.1, 0.15) is 0 Å². The standard InChI is InChI=1S/C30H46O2/c1-2-3-4-5-6-7-8-9-10-11-12-13-14-15-16-19-25-32-30(31)26-28-23-20-22-27-21-17-18-24-29(27)28/h17-18,20-24H,2-16,19,25-26H2,1H3. The first-order valence-electron chi connectivity index (χ1n) is 13.4. The summed E-state index contributed by atoms with van der Waals surface area (Å²) in [4.78, 5) is 12.2. The van der Waals surface area contributed by atoms with Crippen molar-refractivity contribution in [1.29, 1.82) is 0 Å². The van der Waals surface area contributed by atoms with Crippen molar-refractivity contribution in [2.75, 3.05) is 6.61 Å². The molecule has 0 radical (unpaired) electrons. The zero-order chi connectivity index (χ0) is 22.7. The van der Waals surface area contributed by atoms with Gasteiger partial charge >= 0.3 is 5.97 Å². The van der Waals surface area contributed by atoms with E-state index in [0.29, 0.717) is 13.0 Å². The molecule has 0 atom stereocenters. The first kappa shape index (κ1) is 26.4. The number of unbranched alkanes of at least 4 members (excludes halogenated alkanes) is 15. The highest BCUT2D eigenvalue weighted by Gasteiger charge is 2.07. The van der Waals surface area contributed by atoms with Gasteiger partial charge in [0.2, 0.25) is 0 Å². The van der Waals surface area contributed by atoms with Gasteiger partial charge in [0, 0.05) is 0 Å². The molecule has 0 unspecified atom stereocenters. The molecule has 0 N–H and O–H groups in total. The molecule has 2 aromatic rings. The quantitative estimate of drug-likeness (QED) is 0.161. The molecule has 0 aliphatic heterocycles. The monoisotopic (exact) mass is 438 g/mol. The van der Waals surface area contributed by atoms with E-state index < -0.39 is 0 Å². The summed E-state index contributed by atoms with van der Waals surface area (Å²) in [6.45, 7) is 2.84. The summed E-state index contributed by atoms with van der Waals surface area (Å²) in [5.74, 6) is -0.109. The van der Waals surface area contributed by atoms with E-state index in [0.717, 1.165) is 17.4 Å². The number of hydrogen-bond donors (Lipinski definition) is 0. The molecule has 0 bridgehead atoms. The minimum atomic E-state index is -0.109. The second-order valence-electron chi connectivity index (χ2n) is 9.34. The Hall–Kier alpha value is -1.83. The Balaban J connectivity index is 1.37. The third-order valence-electron chi connectivity index (χ3n) is 6.48. The van der Waals surface area contributed by atoms with E-state index in [-0.39, 0.29) is 5.97 Å². The summed E-state index contributed by atoms with van der Waals surface area (Å²) in [5, 5.41) is 2.32. The summed E-state index contributed by atoms with van der Waals surface area (Å²) >= 11 is 0. The van der Waals surface area contributed by atoms with Gasteiger partial charge in [-0.2, -0.15) is 0 Å². The van der Waals surface area contributed by atoms with Crippen molar-refractivity contribution in [2.24, 2.45) is 0 Å². The zero-order valence-corrected chi connectivity index (χ0v) is 20.6. The maximum Gasteiger partial charge on any atom is 0.310 e. The first-order chi connectivity index (χ1) is 15.8. The van der Waals surface area contributed by atoms with Gasteiger partial charge in [0.25, 0.3) is 0 Å². The fraction of sp³-hybridized carbons (Fsp3) is 0.633. The molecule has 178 valence electrons. The Morgan fingerprint density at radius 1 is 0.625 bits per heavy atom. The smallest absolute Gasteiger partial charge is 0.310 e. The highest BCUT2D eigenvalue weighted by molar-refractivity contribution is 5.88. The highest BCUT2D eigenvalue weighted by atomic mass is 16.5. The minimum Gasteiger partial charge on any atom is -0.465 e. The lowest BCUT2D eigenvalue weighted by Crippen LogP contribution is -2.09. The molecular weight excluding hydrogens is 392 g/mol. The number of benzene rings is 2. The SMILES string of the molecule is CCCCCCCCCCCCCCCCCCOC(=O)Cc1cccc2ccccc12. The van der Waals surface area contributed by atoms with E-state index in [2.05, 4.69) is 25.1 Å². The van der Waals surface area contributed by atoms with Crippen LogP contribution in [-0.4, -0.2) is 12.6 Å². The molecular formula is C30H46O2. The lowest BCUT2D eigenvalue weighted by atomic mass is 10.0. The highest BCUT2D eigenvalue weighted by Crippen LogP contribution is 2.19. The minimum absolute atomic E-state index is 0.109. The van der Waals surface area contributed by atoms with Crippen LogP contribution < -0.4 is 0 Å². The van der Waals surface area contributed by atoms with Crippen LogP contribution in [0.5, 0.6) is 0 Å². The van der Waals surface area contributed by atoms with Crippen molar-refractivity contribution >= 4 is 16.7 Å². The van der Waals surface area contributed by atoms with Crippen molar-refractivity contribution in [1.82, 2.24) is 0 Å². The van der Waals surface area contributed by atoms with Crippen molar-refractivity contribution in [3.05, 3.63) is 48.0 Å². The Morgan fingerprint density at radius 2 is 1.12 bits per heavy atom. The predicted octanol–water partition coefficient (Wildman–Crippen LogP) is 9.19. The maximum atomic E-state index is 12.2. The van der Waals surface area contributed by atoms with E-state index in [9.17, 15) is 4.79 Å². The second kappa shape index (κ2) is 17.7. The van der Waals surface area contributed by atoms with Gasteiger partial charge in [-0.1, -0.05) is 146 Å². The summed E-state index contributed by atoms with van der Waals surface area (Å²) in [7, 11) is 0. The average Bonchev–Trinajstić information content (AvgIpc) is 2.81. The number of hydrogen-bond acceptors (Lipinski definition) is 2. The van der Waals surface area contributed by atoms with E-state index in [1.807, 2.05) is 24.3 Å². The van der Waals surface area contributed by atoms with Crippen LogP contribution in [0.1, 0.15) is 115 Å².